The normalized spacial score (nSPS) is 18.9. The van der Waals surface area contributed by atoms with E-state index < -0.39 is 10.0 Å². The fraction of sp³-hybridized carbons (Fsp3) is 0.391. The Bertz CT molecular complexity index is 1140. The van der Waals surface area contributed by atoms with E-state index in [9.17, 15) is 18.0 Å². The summed E-state index contributed by atoms with van der Waals surface area (Å²) >= 11 is 0. The molecule has 1 fully saturated rings. The van der Waals surface area contributed by atoms with Gasteiger partial charge in [-0.3, -0.25) is 14.3 Å². The van der Waals surface area contributed by atoms with Gasteiger partial charge in [0.2, 0.25) is 21.8 Å². The van der Waals surface area contributed by atoms with Gasteiger partial charge in [0.1, 0.15) is 0 Å². The summed E-state index contributed by atoms with van der Waals surface area (Å²) in [6, 6.07) is 12.7. The fourth-order valence-electron chi connectivity index (χ4n) is 4.35. The third kappa shape index (κ3) is 4.30. The second kappa shape index (κ2) is 8.00. The zero-order valence-electron chi connectivity index (χ0n) is 18.0. The van der Waals surface area contributed by atoms with Gasteiger partial charge in [0.15, 0.2) is 0 Å². The van der Waals surface area contributed by atoms with Crippen LogP contribution >= 0.6 is 0 Å². The molecular formula is C23H27N3O4S. The van der Waals surface area contributed by atoms with Gasteiger partial charge in [-0.15, -0.1) is 0 Å². The smallest absolute Gasteiger partial charge is 0.230 e. The first-order valence-electron chi connectivity index (χ1n) is 10.5. The number of fused-ring (bicyclic) bond motifs is 1. The van der Waals surface area contributed by atoms with Crippen LogP contribution in [0.25, 0.3) is 11.1 Å². The van der Waals surface area contributed by atoms with Gasteiger partial charge in [-0.1, -0.05) is 24.6 Å². The molecule has 8 heteroatoms. The van der Waals surface area contributed by atoms with Gasteiger partial charge in [-0.2, -0.15) is 0 Å². The van der Waals surface area contributed by atoms with Crippen molar-refractivity contribution in [3.8, 4) is 11.1 Å². The molecule has 1 N–H and O–H groups in total. The van der Waals surface area contributed by atoms with E-state index in [2.05, 4.69) is 4.72 Å². The van der Waals surface area contributed by atoms with Crippen LogP contribution in [0.3, 0.4) is 0 Å². The fourth-order valence-corrected chi connectivity index (χ4v) is 4.90. The van der Waals surface area contributed by atoms with E-state index in [1.807, 2.05) is 36.1 Å². The van der Waals surface area contributed by atoms with Crippen LogP contribution in [0.2, 0.25) is 0 Å². The Balaban J connectivity index is 1.77. The van der Waals surface area contributed by atoms with Crippen molar-refractivity contribution in [3.05, 3.63) is 42.5 Å². The highest BCUT2D eigenvalue weighted by molar-refractivity contribution is 7.92. The molecule has 0 radical (unpaired) electrons. The zero-order chi connectivity index (χ0) is 22.3. The minimum absolute atomic E-state index is 0.0508. The molecule has 0 spiro atoms. The molecule has 2 aromatic rings. The molecule has 31 heavy (non-hydrogen) atoms. The third-order valence-corrected chi connectivity index (χ3v) is 6.58. The van der Waals surface area contributed by atoms with Crippen molar-refractivity contribution >= 4 is 38.9 Å². The van der Waals surface area contributed by atoms with Crippen molar-refractivity contribution in [2.24, 2.45) is 5.92 Å². The van der Waals surface area contributed by atoms with Crippen molar-refractivity contribution in [1.82, 2.24) is 0 Å². The lowest BCUT2D eigenvalue weighted by molar-refractivity contribution is -0.125. The molecule has 0 saturated heterocycles. The standard InChI is InChI=1S/C23H27N3O4S/c1-15-14-25(23(28)17-6-4-7-17)22-13-19(10-11-21(22)26(15)16(2)27)18-8-5-9-20(12-18)24-31(3,29)30/h5,8-13,15,17,24H,4,6-7,14H2,1-3H3. The highest BCUT2D eigenvalue weighted by Gasteiger charge is 2.37. The van der Waals surface area contributed by atoms with Crippen LogP contribution < -0.4 is 14.5 Å². The number of nitrogens with one attached hydrogen (secondary N) is 1. The largest absolute Gasteiger partial charge is 0.308 e. The van der Waals surface area contributed by atoms with Gasteiger partial charge in [0.25, 0.3) is 0 Å². The molecule has 2 aliphatic rings. The van der Waals surface area contributed by atoms with Crippen LogP contribution in [-0.4, -0.2) is 39.1 Å². The Morgan fingerprint density at radius 2 is 1.74 bits per heavy atom. The van der Waals surface area contributed by atoms with E-state index in [1.54, 1.807) is 23.1 Å². The maximum absolute atomic E-state index is 13.2. The topological polar surface area (TPSA) is 86.8 Å². The van der Waals surface area contributed by atoms with E-state index in [0.717, 1.165) is 48.0 Å². The Kier molecular flexibility index (Phi) is 5.51. The van der Waals surface area contributed by atoms with Gasteiger partial charge in [-0.05, 0) is 55.2 Å². The summed E-state index contributed by atoms with van der Waals surface area (Å²) in [5.74, 6) is 0.110. The molecule has 1 atom stereocenters. The van der Waals surface area contributed by atoms with Crippen LogP contribution in [0.15, 0.2) is 42.5 Å². The first-order chi connectivity index (χ1) is 14.6. The zero-order valence-corrected chi connectivity index (χ0v) is 18.8. The maximum atomic E-state index is 13.2. The number of carbonyl (C=O) groups is 2. The highest BCUT2D eigenvalue weighted by atomic mass is 32.2. The number of benzene rings is 2. The quantitative estimate of drug-likeness (QED) is 0.785. The Morgan fingerprint density at radius 3 is 2.35 bits per heavy atom. The molecule has 7 nitrogen and oxygen atoms in total. The second-order valence-electron chi connectivity index (χ2n) is 8.47. The number of carbonyl (C=O) groups excluding carboxylic acids is 2. The van der Waals surface area contributed by atoms with Gasteiger partial charge in [0, 0.05) is 25.1 Å². The van der Waals surface area contributed by atoms with Gasteiger partial charge < -0.3 is 9.80 Å². The van der Waals surface area contributed by atoms with E-state index in [0.29, 0.717) is 12.2 Å². The lowest BCUT2D eigenvalue weighted by Crippen LogP contribution is -2.53. The van der Waals surface area contributed by atoms with Crippen LogP contribution in [0, 0.1) is 5.92 Å². The molecule has 0 bridgehead atoms. The first-order valence-corrected chi connectivity index (χ1v) is 12.4. The van der Waals surface area contributed by atoms with Crippen molar-refractivity contribution in [3.63, 3.8) is 0 Å². The van der Waals surface area contributed by atoms with Crippen molar-refractivity contribution < 1.29 is 18.0 Å². The molecule has 1 aliphatic carbocycles. The summed E-state index contributed by atoms with van der Waals surface area (Å²) in [4.78, 5) is 29.1. The van der Waals surface area contributed by atoms with E-state index in [1.165, 1.54) is 6.92 Å². The SMILES string of the molecule is CC(=O)N1c2ccc(-c3cccc(NS(C)(=O)=O)c3)cc2N(C(=O)C2CCC2)CC1C. The molecule has 164 valence electrons. The lowest BCUT2D eigenvalue weighted by atomic mass is 9.84. The number of amides is 2. The van der Waals surface area contributed by atoms with Crippen molar-refractivity contribution in [1.29, 1.82) is 0 Å². The molecule has 1 aliphatic heterocycles. The summed E-state index contributed by atoms with van der Waals surface area (Å²) in [5.41, 5.74) is 3.59. The summed E-state index contributed by atoms with van der Waals surface area (Å²) in [6.07, 6.45) is 4.01. The van der Waals surface area contributed by atoms with Crippen LogP contribution in [-0.2, 0) is 19.6 Å². The summed E-state index contributed by atoms with van der Waals surface area (Å²) in [6.45, 7) is 3.96. The number of nitrogens with zero attached hydrogens (tertiary/aromatic N) is 2. The number of rotatable bonds is 4. The van der Waals surface area contributed by atoms with Gasteiger partial charge in [0.05, 0.1) is 23.7 Å². The number of hydrogen-bond acceptors (Lipinski definition) is 4. The number of anilines is 3. The molecule has 1 saturated carbocycles. The van der Waals surface area contributed by atoms with E-state index >= 15 is 0 Å². The second-order valence-corrected chi connectivity index (χ2v) is 10.2. The van der Waals surface area contributed by atoms with Gasteiger partial charge >= 0.3 is 0 Å². The summed E-state index contributed by atoms with van der Waals surface area (Å²) in [5, 5.41) is 0. The number of sulfonamides is 1. The van der Waals surface area contributed by atoms with E-state index in [4.69, 9.17) is 0 Å². The minimum Gasteiger partial charge on any atom is -0.308 e. The summed E-state index contributed by atoms with van der Waals surface area (Å²) < 4.78 is 25.7. The molecule has 1 heterocycles. The lowest BCUT2D eigenvalue weighted by Gasteiger charge is -2.43. The first kappa shape index (κ1) is 21.4. The van der Waals surface area contributed by atoms with Crippen LogP contribution in [0.5, 0.6) is 0 Å². The highest BCUT2D eigenvalue weighted by Crippen LogP contribution is 2.41. The average molecular weight is 442 g/mol. The monoisotopic (exact) mass is 441 g/mol. The van der Waals surface area contributed by atoms with Crippen LogP contribution in [0.4, 0.5) is 17.1 Å². The molecular weight excluding hydrogens is 414 g/mol. The van der Waals surface area contributed by atoms with E-state index in [-0.39, 0.29) is 23.8 Å². The maximum Gasteiger partial charge on any atom is 0.230 e. The Morgan fingerprint density at radius 1 is 1.03 bits per heavy atom. The summed E-state index contributed by atoms with van der Waals surface area (Å²) in [7, 11) is -3.39. The third-order valence-electron chi connectivity index (χ3n) is 5.97. The van der Waals surface area contributed by atoms with Crippen LogP contribution in [0.1, 0.15) is 33.1 Å². The van der Waals surface area contributed by atoms with Crippen molar-refractivity contribution in [2.45, 2.75) is 39.2 Å². The predicted octanol–water partition coefficient (Wildman–Crippen LogP) is 3.61. The minimum atomic E-state index is -3.39. The molecule has 2 amide bonds. The Hall–Kier alpha value is -2.87. The molecule has 1 unspecified atom stereocenters. The Labute approximate surface area is 183 Å². The number of hydrogen-bond donors (Lipinski definition) is 1. The molecule has 0 aromatic heterocycles. The van der Waals surface area contributed by atoms with Gasteiger partial charge in [-0.25, -0.2) is 8.42 Å². The average Bonchev–Trinajstić information content (AvgIpc) is 2.64. The molecule has 4 rings (SSSR count). The molecule has 2 aromatic carbocycles. The van der Waals surface area contributed by atoms with Crippen molar-refractivity contribution in [2.75, 3.05) is 27.3 Å². The predicted molar refractivity (Wildman–Crippen MR) is 123 cm³/mol.